The van der Waals surface area contributed by atoms with Crippen LogP contribution in [-0.2, 0) is 6.54 Å². The number of nitrogens with zero attached hydrogens (tertiary/aromatic N) is 5. The molecule has 0 aliphatic heterocycles. The molecular formula is C10H9N7O. The van der Waals surface area contributed by atoms with Crippen LogP contribution in [0.1, 0.15) is 5.69 Å². The van der Waals surface area contributed by atoms with Crippen molar-refractivity contribution >= 4 is 11.5 Å². The van der Waals surface area contributed by atoms with Gasteiger partial charge < -0.3 is 5.32 Å². The van der Waals surface area contributed by atoms with Gasteiger partial charge in [0.1, 0.15) is 12.1 Å². The summed E-state index contributed by atoms with van der Waals surface area (Å²) in [6.07, 6.45) is 3.15. The maximum Gasteiger partial charge on any atom is 0.364 e. The van der Waals surface area contributed by atoms with E-state index in [2.05, 4.69) is 30.6 Å². The van der Waals surface area contributed by atoms with E-state index in [0.717, 1.165) is 5.69 Å². The van der Waals surface area contributed by atoms with Crippen molar-refractivity contribution < 1.29 is 0 Å². The van der Waals surface area contributed by atoms with Gasteiger partial charge in [-0.1, -0.05) is 0 Å². The van der Waals surface area contributed by atoms with E-state index in [-0.39, 0.29) is 5.69 Å². The highest BCUT2D eigenvalue weighted by Crippen LogP contribution is 2.04. The Labute approximate surface area is 101 Å². The van der Waals surface area contributed by atoms with Gasteiger partial charge in [-0.05, 0) is 18.2 Å². The lowest BCUT2D eigenvalue weighted by Gasteiger charge is -2.04. The van der Waals surface area contributed by atoms with Gasteiger partial charge in [0.25, 0.3) is 0 Å². The molecule has 8 nitrogen and oxygen atoms in total. The van der Waals surface area contributed by atoms with Crippen LogP contribution in [0.2, 0.25) is 0 Å². The molecule has 0 unspecified atom stereocenters. The Kier molecular flexibility index (Phi) is 2.45. The molecule has 3 heterocycles. The minimum Gasteiger partial charge on any atom is -0.363 e. The smallest absolute Gasteiger partial charge is 0.363 e. The minimum absolute atomic E-state index is 0.365. The minimum atomic E-state index is -0.365. The van der Waals surface area contributed by atoms with Gasteiger partial charge >= 0.3 is 5.69 Å². The molecule has 0 atom stereocenters. The Morgan fingerprint density at radius 3 is 3.11 bits per heavy atom. The molecule has 0 saturated heterocycles. The molecule has 0 radical (unpaired) electrons. The van der Waals surface area contributed by atoms with Crippen LogP contribution in [0.5, 0.6) is 0 Å². The third-order valence-corrected chi connectivity index (χ3v) is 2.37. The van der Waals surface area contributed by atoms with Gasteiger partial charge in [0.05, 0.1) is 12.2 Å². The van der Waals surface area contributed by atoms with Crippen LogP contribution in [0.15, 0.2) is 35.5 Å². The summed E-state index contributed by atoms with van der Waals surface area (Å²) in [5, 5.41) is 13.3. The molecule has 0 aliphatic carbocycles. The maximum absolute atomic E-state index is 11.3. The summed E-state index contributed by atoms with van der Waals surface area (Å²) >= 11 is 0. The number of fused-ring (bicyclic) bond motifs is 1. The van der Waals surface area contributed by atoms with Crippen molar-refractivity contribution in [3.05, 3.63) is 46.9 Å². The highest BCUT2D eigenvalue weighted by Gasteiger charge is 2.02. The van der Waals surface area contributed by atoms with Gasteiger partial charge in [0.15, 0.2) is 5.65 Å². The average molecular weight is 243 g/mol. The first kappa shape index (κ1) is 10.4. The van der Waals surface area contributed by atoms with Gasteiger partial charge in [0, 0.05) is 6.20 Å². The lowest BCUT2D eigenvalue weighted by molar-refractivity contribution is 0.871. The first-order chi connectivity index (χ1) is 8.83. The largest absolute Gasteiger partial charge is 0.364 e. The normalized spacial score (nSPS) is 10.7. The second kappa shape index (κ2) is 4.24. The molecule has 3 aromatic rings. The Balaban J connectivity index is 1.83. The zero-order chi connectivity index (χ0) is 12.4. The van der Waals surface area contributed by atoms with Crippen molar-refractivity contribution in [2.24, 2.45) is 0 Å². The molecule has 8 heteroatoms. The number of aromatic amines is 1. The van der Waals surface area contributed by atoms with E-state index in [0.29, 0.717) is 18.0 Å². The molecule has 3 rings (SSSR count). The van der Waals surface area contributed by atoms with Gasteiger partial charge in [-0.25, -0.2) is 19.9 Å². The third kappa shape index (κ3) is 1.90. The van der Waals surface area contributed by atoms with Crippen LogP contribution in [0.4, 0.5) is 5.82 Å². The van der Waals surface area contributed by atoms with Crippen LogP contribution in [-0.4, -0.2) is 29.8 Å². The summed E-state index contributed by atoms with van der Waals surface area (Å²) in [6.45, 7) is 0.508. The average Bonchev–Trinajstić information content (AvgIpc) is 2.79. The number of aromatic nitrogens is 6. The van der Waals surface area contributed by atoms with E-state index < -0.39 is 0 Å². The first-order valence-corrected chi connectivity index (χ1v) is 5.26. The fourth-order valence-corrected chi connectivity index (χ4v) is 1.50. The zero-order valence-electron chi connectivity index (χ0n) is 9.24. The van der Waals surface area contributed by atoms with E-state index >= 15 is 0 Å². The number of rotatable bonds is 3. The molecule has 0 amide bonds. The molecule has 0 aliphatic rings. The van der Waals surface area contributed by atoms with E-state index in [1.807, 2.05) is 0 Å². The van der Waals surface area contributed by atoms with Crippen molar-refractivity contribution in [3.63, 3.8) is 0 Å². The van der Waals surface area contributed by atoms with Gasteiger partial charge in [-0.3, -0.25) is 0 Å². The van der Waals surface area contributed by atoms with E-state index in [1.54, 1.807) is 24.4 Å². The zero-order valence-corrected chi connectivity index (χ0v) is 9.24. The van der Waals surface area contributed by atoms with Gasteiger partial charge in [-0.2, -0.15) is 9.61 Å². The molecule has 0 fully saturated rings. The summed E-state index contributed by atoms with van der Waals surface area (Å²) < 4.78 is 1.20. The Bertz CT molecular complexity index is 718. The van der Waals surface area contributed by atoms with Crippen molar-refractivity contribution in [1.29, 1.82) is 0 Å². The van der Waals surface area contributed by atoms with E-state index in [4.69, 9.17) is 0 Å². The highest BCUT2D eigenvalue weighted by molar-refractivity contribution is 5.43. The monoisotopic (exact) mass is 243 g/mol. The fourth-order valence-electron chi connectivity index (χ4n) is 1.50. The molecule has 0 spiro atoms. The number of hydrogen-bond acceptors (Lipinski definition) is 6. The highest BCUT2D eigenvalue weighted by atomic mass is 16.2. The summed E-state index contributed by atoms with van der Waals surface area (Å²) in [5.41, 5.74) is 0.953. The lowest BCUT2D eigenvalue weighted by Crippen LogP contribution is -2.14. The van der Waals surface area contributed by atoms with Crippen molar-refractivity contribution in [2.75, 3.05) is 5.32 Å². The van der Waals surface area contributed by atoms with Crippen molar-refractivity contribution in [3.8, 4) is 0 Å². The maximum atomic E-state index is 11.3. The third-order valence-electron chi connectivity index (χ3n) is 2.37. The first-order valence-electron chi connectivity index (χ1n) is 5.26. The summed E-state index contributed by atoms with van der Waals surface area (Å²) in [5.74, 6) is 0.574. The Morgan fingerprint density at radius 2 is 2.28 bits per heavy atom. The molecule has 2 N–H and O–H groups in total. The van der Waals surface area contributed by atoms with Crippen LogP contribution < -0.4 is 11.0 Å². The fraction of sp³-hybridized carbons (Fsp3) is 0.100. The summed E-state index contributed by atoms with van der Waals surface area (Å²) in [4.78, 5) is 19.2. The molecule has 90 valence electrons. The van der Waals surface area contributed by atoms with Gasteiger partial charge in [0.2, 0.25) is 0 Å². The van der Waals surface area contributed by atoms with Crippen LogP contribution >= 0.6 is 0 Å². The van der Waals surface area contributed by atoms with Crippen molar-refractivity contribution in [1.82, 2.24) is 29.8 Å². The van der Waals surface area contributed by atoms with E-state index in [1.165, 1.54) is 10.8 Å². The summed E-state index contributed by atoms with van der Waals surface area (Å²) in [6, 6.07) is 5.25. The molecule has 0 bridgehead atoms. The molecular weight excluding hydrogens is 234 g/mol. The number of anilines is 1. The van der Waals surface area contributed by atoms with Crippen molar-refractivity contribution in [2.45, 2.75) is 6.54 Å². The lowest BCUT2D eigenvalue weighted by atomic mass is 10.4. The number of hydrogen-bond donors (Lipinski definition) is 2. The van der Waals surface area contributed by atoms with Crippen LogP contribution in [0.25, 0.3) is 5.65 Å². The quantitative estimate of drug-likeness (QED) is 0.661. The standard InChI is InChI=1S/C10H9N7O/c18-10-15-14-9-2-1-8(16-17(9)10)12-5-7-3-4-11-6-13-7/h1-4,6H,5H2,(H,12,16)(H,15,18). The van der Waals surface area contributed by atoms with Crippen LogP contribution in [0.3, 0.4) is 0 Å². The molecule has 18 heavy (non-hydrogen) atoms. The summed E-state index contributed by atoms with van der Waals surface area (Å²) in [7, 11) is 0. The topological polar surface area (TPSA) is 101 Å². The second-order valence-electron chi connectivity index (χ2n) is 3.57. The second-order valence-corrected chi connectivity index (χ2v) is 3.57. The number of H-pyrrole nitrogens is 1. The SMILES string of the molecule is O=c1[nH]nc2ccc(NCc3ccncn3)nn12. The Hall–Kier alpha value is -2.77. The molecule has 0 aromatic carbocycles. The predicted molar refractivity (Wildman–Crippen MR) is 63.0 cm³/mol. The van der Waals surface area contributed by atoms with E-state index in [9.17, 15) is 4.79 Å². The molecule has 3 aromatic heterocycles. The van der Waals surface area contributed by atoms with Crippen LogP contribution in [0, 0.1) is 0 Å². The Morgan fingerprint density at radius 1 is 1.33 bits per heavy atom. The molecule has 0 saturated carbocycles. The van der Waals surface area contributed by atoms with Gasteiger partial charge in [-0.15, -0.1) is 5.10 Å². The number of nitrogens with one attached hydrogen (secondary N) is 2. The predicted octanol–water partition coefficient (Wildman–Crippen LogP) is -0.180.